The number of Topliss-reactive ketones (excluding diaryl/α,β-unsaturated/α-hetero) is 1. The summed E-state index contributed by atoms with van der Waals surface area (Å²) in [6, 6.07) is 17.3. The van der Waals surface area contributed by atoms with Gasteiger partial charge in [-0.1, -0.05) is 0 Å². The van der Waals surface area contributed by atoms with Crippen molar-refractivity contribution in [2.24, 2.45) is 0 Å². The molecule has 0 amide bonds. The Hall–Kier alpha value is -3.78. The van der Waals surface area contributed by atoms with Gasteiger partial charge in [-0.25, -0.2) is 12.8 Å². The molecule has 2 N–H and O–H groups in total. The van der Waals surface area contributed by atoms with Crippen LogP contribution in [0.2, 0.25) is 0 Å². The van der Waals surface area contributed by atoms with Gasteiger partial charge < -0.3 is 5.32 Å². The van der Waals surface area contributed by atoms with Gasteiger partial charge in [0.2, 0.25) is 0 Å². The zero-order valence-electron chi connectivity index (χ0n) is 16.5. The van der Waals surface area contributed by atoms with Gasteiger partial charge in [-0.3, -0.25) is 14.3 Å². The maximum absolute atomic E-state index is 12.9. The fourth-order valence-electron chi connectivity index (χ4n) is 2.64. The Kier molecular flexibility index (Phi) is 6.61. The maximum Gasteiger partial charge on any atom is 0.261 e. The van der Waals surface area contributed by atoms with Crippen LogP contribution in [0.25, 0.3) is 0 Å². The highest BCUT2D eigenvalue weighted by Crippen LogP contribution is 2.19. The van der Waals surface area contributed by atoms with E-state index >= 15 is 0 Å². The van der Waals surface area contributed by atoms with Crippen LogP contribution >= 0.6 is 0 Å². The van der Waals surface area contributed by atoms with Crippen LogP contribution < -0.4 is 10.0 Å². The molecule has 0 bridgehead atoms. The smallest absolute Gasteiger partial charge is 0.261 e. The molecule has 0 spiro atoms. The Labute approximate surface area is 179 Å². The SMILES string of the molecule is CC(=O)c1ccc(NS(=O)(=O)c2ccc(N/C=C\C(=O)c3ccc(F)cc3)cc2)cc1. The first kappa shape index (κ1) is 21.9. The van der Waals surface area contributed by atoms with Crippen molar-refractivity contribution >= 4 is 33.0 Å². The summed E-state index contributed by atoms with van der Waals surface area (Å²) in [4.78, 5) is 23.4. The molecule has 0 unspecified atom stereocenters. The van der Waals surface area contributed by atoms with Gasteiger partial charge in [0.05, 0.1) is 4.90 Å². The zero-order valence-corrected chi connectivity index (χ0v) is 17.3. The average Bonchev–Trinajstić information content (AvgIpc) is 2.74. The minimum absolute atomic E-state index is 0.0556. The number of carbonyl (C=O) groups is 2. The van der Waals surface area contributed by atoms with Crippen molar-refractivity contribution in [2.75, 3.05) is 10.0 Å². The third kappa shape index (κ3) is 5.86. The second-order valence-corrected chi connectivity index (χ2v) is 8.29. The Morgan fingerprint density at radius 1 is 0.806 bits per heavy atom. The lowest BCUT2D eigenvalue weighted by Gasteiger charge is -2.09. The molecule has 3 rings (SSSR count). The summed E-state index contributed by atoms with van der Waals surface area (Å²) in [6.07, 6.45) is 2.72. The van der Waals surface area contributed by atoms with Crippen LogP contribution in [-0.4, -0.2) is 20.0 Å². The molecule has 3 aromatic rings. The van der Waals surface area contributed by atoms with Crippen molar-refractivity contribution in [3.63, 3.8) is 0 Å². The number of allylic oxidation sites excluding steroid dienone is 1. The van der Waals surface area contributed by atoms with Crippen molar-refractivity contribution in [1.82, 2.24) is 0 Å². The average molecular weight is 438 g/mol. The molecule has 158 valence electrons. The molecule has 0 aliphatic rings. The molecule has 0 atom stereocenters. The summed E-state index contributed by atoms with van der Waals surface area (Å²) in [7, 11) is -3.80. The summed E-state index contributed by atoms with van der Waals surface area (Å²) in [5.41, 5.74) is 1.76. The summed E-state index contributed by atoms with van der Waals surface area (Å²) in [5.74, 6) is -0.825. The van der Waals surface area contributed by atoms with E-state index < -0.39 is 15.8 Å². The number of ketones is 2. The Morgan fingerprint density at radius 2 is 1.35 bits per heavy atom. The molecule has 31 heavy (non-hydrogen) atoms. The minimum atomic E-state index is -3.80. The molecule has 3 aromatic carbocycles. The first-order valence-corrected chi connectivity index (χ1v) is 10.7. The van der Waals surface area contributed by atoms with Crippen LogP contribution in [0.5, 0.6) is 0 Å². The highest BCUT2D eigenvalue weighted by molar-refractivity contribution is 7.92. The maximum atomic E-state index is 12.9. The Bertz CT molecular complexity index is 1220. The molecule has 0 saturated heterocycles. The summed E-state index contributed by atoms with van der Waals surface area (Å²) >= 11 is 0. The number of anilines is 2. The number of rotatable bonds is 8. The van der Waals surface area contributed by atoms with E-state index in [1.165, 1.54) is 67.7 Å². The van der Waals surface area contributed by atoms with E-state index in [2.05, 4.69) is 10.0 Å². The Morgan fingerprint density at radius 3 is 1.94 bits per heavy atom. The van der Waals surface area contributed by atoms with Gasteiger partial charge in [-0.05, 0) is 79.7 Å². The second-order valence-electron chi connectivity index (χ2n) is 6.61. The normalized spacial score (nSPS) is 11.3. The van der Waals surface area contributed by atoms with E-state index in [9.17, 15) is 22.4 Å². The molecule has 0 fully saturated rings. The van der Waals surface area contributed by atoms with E-state index in [0.29, 0.717) is 22.5 Å². The summed E-state index contributed by atoms with van der Waals surface area (Å²) in [6.45, 7) is 1.43. The lowest BCUT2D eigenvalue weighted by molar-refractivity contribution is 0.101. The highest BCUT2D eigenvalue weighted by atomic mass is 32.2. The first-order valence-electron chi connectivity index (χ1n) is 9.21. The van der Waals surface area contributed by atoms with Gasteiger partial charge in [0, 0.05) is 34.8 Å². The fourth-order valence-corrected chi connectivity index (χ4v) is 3.70. The first-order chi connectivity index (χ1) is 14.7. The van der Waals surface area contributed by atoms with E-state index in [0.717, 1.165) is 0 Å². The monoisotopic (exact) mass is 438 g/mol. The van der Waals surface area contributed by atoms with Gasteiger partial charge in [0.1, 0.15) is 5.82 Å². The lowest BCUT2D eigenvalue weighted by Crippen LogP contribution is -2.13. The van der Waals surface area contributed by atoms with Crippen LogP contribution in [-0.2, 0) is 10.0 Å². The quantitative estimate of drug-likeness (QED) is 0.395. The predicted octanol–water partition coefficient (Wildman–Crippen LogP) is 4.64. The summed E-state index contributed by atoms with van der Waals surface area (Å²) < 4.78 is 40.4. The topological polar surface area (TPSA) is 92.3 Å². The number of hydrogen-bond donors (Lipinski definition) is 2. The van der Waals surface area contributed by atoms with E-state index in [1.54, 1.807) is 24.3 Å². The number of sulfonamides is 1. The Balaban J connectivity index is 1.62. The van der Waals surface area contributed by atoms with Crippen LogP contribution in [0.3, 0.4) is 0 Å². The number of nitrogens with one attached hydrogen (secondary N) is 2. The second kappa shape index (κ2) is 9.36. The molecule has 0 aliphatic carbocycles. The molecule has 0 saturated carbocycles. The number of halogens is 1. The zero-order chi connectivity index (χ0) is 22.4. The van der Waals surface area contributed by atoms with E-state index in [4.69, 9.17) is 0 Å². The molecule has 0 aliphatic heterocycles. The molecule has 8 heteroatoms. The van der Waals surface area contributed by atoms with Crippen LogP contribution in [0.4, 0.5) is 15.8 Å². The van der Waals surface area contributed by atoms with Crippen LogP contribution in [0.15, 0.2) is 90.0 Å². The highest BCUT2D eigenvalue weighted by Gasteiger charge is 2.14. The van der Waals surface area contributed by atoms with E-state index in [1.807, 2.05) is 0 Å². The minimum Gasteiger partial charge on any atom is -0.362 e. The number of hydrogen-bond acceptors (Lipinski definition) is 5. The van der Waals surface area contributed by atoms with E-state index in [-0.39, 0.29) is 16.5 Å². The van der Waals surface area contributed by atoms with Crippen molar-refractivity contribution in [1.29, 1.82) is 0 Å². The molecular formula is C23H19FN2O4S. The van der Waals surface area contributed by atoms with Crippen molar-refractivity contribution in [2.45, 2.75) is 11.8 Å². The molecule has 6 nitrogen and oxygen atoms in total. The third-order valence-electron chi connectivity index (χ3n) is 4.32. The van der Waals surface area contributed by atoms with Crippen molar-refractivity contribution < 1.29 is 22.4 Å². The van der Waals surface area contributed by atoms with Crippen molar-refractivity contribution in [3.8, 4) is 0 Å². The van der Waals surface area contributed by atoms with Crippen LogP contribution in [0, 0.1) is 5.82 Å². The number of carbonyl (C=O) groups excluding carboxylic acids is 2. The largest absolute Gasteiger partial charge is 0.362 e. The number of benzene rings is 3. The molecule has 0 heterocycles. The fraction of sp³-hybridized carbons (Fsp3) is 0.0435. The third-order valence-corrected chi connectivity index (χ3v) is 5.72. The van der Waals surface area contributed by atoms with Gasteiger partial charge in [0.15, 0.2) is 11.6 Å². The van der Waals surface area contributed by atoms with Crippen LogP contribution in [0.1, 0.15) is 27.6 Å². The van der Waals surface area contributed by atoms with Gasteiger partial charge >= 0.3 is 0 Å². The predicted molar refractivity (Wildman–Crippen MR) is 117 cm³/mol. The standard InChI is InChI=1S/C23H19FN2O4S/c1-16(27)17-4-8-21(9-5-17)26-31(29,30)22-12-10-20(11-13-22)25-15-14-23(28)18-2-6-19(24)7-3-18/h2-15,25-26H,1H3/b15-14-. The molecule has 0 radical (unpaired) electrons. The molecular weight excluding hydrogens is 419 g/mol. The van der Waals surface area contributed by atoms with Gasteiger partial charge in [-0.15, -0.1) is 0 Å². The lowest BCUT2D eigenvalue weighted by atomic mass is 10.1. The van der Waals surface area contributed by atoms with Gasteiger partial charge in [-0.2, -0.15) is 0 Å². The summed E-state index contributed by atoms with van der Waals surface area (Å²) in [5, 5.41) is 2.88. The molecule has 0 aromatic heterocycles. The van der Waals surface area contributed by atoms with Gasteiger partial charge in [0.25, 0.3) is 10.0 Å². The van der Waals surface area contributed by atoms with Crippen molar-refractivity contribution in [3.05, 3.63) is 102 Å².